The van der Waals surface area contributed by atoms with Gasteiger partial charge >= 0.3 is 5.97 Å². The molecule has 0 saturated heterocycles. The monoisotopic (exact) mass is 607 g/mol. The van der Waals surface area contributed by atoms with Gasteiger partial charge in [0.25, 0.3) is 0 Å². The molecule has 0 aromatic rings. The fourth-order valence-corrected chi connectivity index (χ4v) is 6.21. The topological polar surface area (TPSA) is 108 Å². The van der Waals surface area contributed by atoms with Crippen LogP contribution in [0.5, 0.6) is 0 Å². The molecular formula is C34H58NO6P. The van der Waals surface area contributed by atoms with Crippen LogP contribution in [0.25, 0.3) is 0 Å². The highest BCUT2D eigenvalue weighted by molar-refractivity contribution is 7.09. The van der Waals surface area contributed by atoms with Crippen LogP contribution >= 0.6 is 9.47 Å². The lowest BCUT2D eigenvalue weighted by Gasteiger charge is -2.35. The second-order valence-corrected chi connectivity index (χ2v) is 12.6. The third-order valence-corrected chi connectivity index (χ3v) is 8.97. The Morgan fingerprint density at radius 3 is 2.74 bits per heavy atom. The van der Waals surface area contributed by atoms with Crippen LogP contribution in [0.3, 0.4) is 0 Å². The number of hydrogen-bond acceptors (Lipinski definition) is 7. The Morgan fingerprint density at radius 2 is 2.02 bits per heavy atom. The normalized spacial score (nSPS) is 27.0. The zero-order chi connectivity index (χ0) is 30.8. The molecule has 1 aliphatic heterocycles. The number of esters is 1. The summed E-state index contributed by atoms with van der Waals surface area (Å²) >= 11 is 0. The van der Waals surface area contributed by atoms with Gasteiger partial charge in [-0.2, -0.15) is 0 Å². The van der Waals surface area contributed by atoms with E-state index in [4.69, 9.17) is 9.26 Å². The van der Waals surface area contributed by atoms with Crippen LogP contribution in [-0.4, -0.2) is 64.4 Å². The summed E-state index contributed by atoms with van der Waals surface area (Å²) in [7, 11) is 2.25. The van der Waals surface area contributed by atoms with E-state index in [0.29, 0.717) is 24.8 Å². The highest BCUT2D eigenvalue weighted by atomic mass is 31.0. The molecule has 8 heteroatoms. The zero-order valence-corrected chi connectivity index (χ0v) is 27.4. The minimum Gasteiger partial charge on any atom is -0.454 e. The molecule has 0 aromatic carbocycles. The average Bonchev–Trinajstić information content (AvgIpc) is 2.97. The van der Waals surface area contributed by atoms with Gasteiger partial charge in [-0.3, -0.25) is 0 Å². The quantitative estimate of drug-likeness (QED) is 0.0445. The van der Waals surface area contributed by atoms with E-state index in [0.717, 1.165) is 38.6 Å². The lowest BCUT2D eigenvalue weighted by atomic mass is 9.86. The number of aliphatic hydroxyl groups is 3. The first-order valence-corrected chi connectivity index (χ1v) is 16.8. The van der Waals surface area contributed by atoms with Crippen LogP contribution in [0.4, 0.5) is 0 Å². The maximum absolute atomic E-state index is 11.9. The molecule has 9 atom stereocenters. The van der Waals surface area contributed by atoms with E-state index in [1.54, 1.807) is 18.2 Å². The van der Waals surface area contributed by atoms with E-state index in [-0.39, 0.29) is 24.4 Å². The van der Waals surface area contributed by atoms with Crippen molar-refractivity contribution in [1.82, 2.24) is 5.32 Å². The van der Waals surface area contributed by atoms with E-state index in [1.165, 1.54) is 38.2 Å². The molecule has 2 rings (SSSR count). The Kier molecular flexibility index (Phi) is 18.1. The number of aliphatic hydroxyl groups excluding tert-OH is 2. The van der Waals surface area contributed by atoms with Crippen molar-refractivity contribution >= 4 is 15.4 Å². The molecule has 1 heterocycles. The van der Waals surface area contributed by atoms with Gasteiger partial charge in [-0.15, -0.1) is 0 Å². The fraction of sp³-hybridized carbons (Fsp3) is 0.735. The number of nitrogens with one attached hydrogen (secondary N) is 1. The van der Waals surface area contributed by atoms with Crippen molar-refractivity contribution < 1.29 is 29.4 Å². The number of carbonyl (C=O) groups excluding carboxylic acids is 1. The predicted molar refractivity (Wildman–Crippen MR) is 174 cm³/mol. The Morgan fingerprint density at radius 1 is 1.21 bits per heavy atom. The summed E-state index contributed by atoms with van der Waals surface area (Å²) in [6, 6.07) is 0. The second-order valence-electron chi connectivity index (χ2n) is 12.4. The Bertz CT molecular complexity index is 876. The van der Waals surface area contributed by atoms with Gasteiger partial charge < -0.3 is 29.9 Å². The van der Waals surface area contributed by atoms with Gasteiger partial charge in [0.2, 0.25) is 0 Å². The first kappa shape index (κ1) is 36.8. The van der Waals surface area contributed by atoms with Crippen molar-refractivity contribution in [1.29, 1.82) is 0 Å². The lowest BCUT2D eigenvalue weighted by Crippen LogP contribution is -2.45. The summed E-state index contributed by atoms with van der Waals surface area (Å²) in [4.78, 5) is 11.9. The van der Waals surface area contributed by atoms with Gasteiger partial charge in [-0.05, 0) is 69.5 Å². The van der Waals surface area contributed by atoms with E-state index in [1.807, 2.05) is 25.2 Å². The average molecular weight is 608 g/mol. The first-order chi connectivity index (χ1) is 20.2. The van der Waals surface area contributed by atoms with Crippen molar-refractivity contribution in [2.75, 3.05) is 13.1 Å². The molecule has 0 radical (unpaired) electrons. The van der Waals surface area contributed by atoms with E-state index in [9.17, 15) is 20.1 Å². The smallest absolute Gasteiger partial charge is 0.331 e. The summed E-state index contributed by atoms with van der Waals surface area (Å²) in [6.45, 7) is 7.96. The molecule has 7 nitrogen and oxygen atoms in total. The number of cyclic esters (lactones) is 1. The number of allylic oxidation sites excluding steroid dienone is 3. The molecule has 1 aliphatic carbocycles. The standard InChI is InChI=1S/C34H58NO6P/c1-4-6-7-8-12-26(3)25-35-22-21-34(39,20-19-31-28(5-2)17-18-33(38)40-31)32(41-42)24-30(37)15-10-9-13-27-14-11-16-29(36)23-27/h9-10,13,15,17-20,26-32,35-37,39H,4-8,11-12,14,16,21-25,42H2,1-3H3. The van der Waals surface area contributed by atoms with Crippen molar-refractivity contribution in [2.45, 2.75) is 128 Å². The molecule has 0 bridgehead atoms. The first-order valence-electron chi connectivity index (χ1n) is 16.3. The molecule has 2 aliphatic rings. The van der Waals surface area contributed by atoms with E-state index >= 15 is 0 Å². The zero-order valence-electron chi connectivity index (χ0n) is 26.2. The molecule has 0 spiro atoms. The number of rotatable bonds is 20. The third-order valence-electron chi connectivity index (χ3n) is 8.64. The summed E-state index contributed by atoms with van der Waals surface area (Å²) in [5, 5.41) is 36.1. The maximum Gasteiger partial charge on any atom is 0.331 e. The highest BCUT2D eigenvalue weighted by Gasteiger charge is 2.36. The van der Waals surface area contributed by atoms with Crippen LogP contribution in [0.2, 0.25) is 0 Å². The maximum atomic E-state index is 11.9. The molecule has 1 saturated carbocycles. The van der Waals surface area contributed by atoms with Gasteiger partial charge in [0, 0.05) is 27.9 Å². The summed E-state index contributed by atoms with van der Waals surface area (Å²) in [5.41, 5.74) is -1.39. The molecular weight excluding hydrogens is 549 g/mol. The summed E-state index contributed by atoms with van der Waals surface area (Å²) in [5.74, 6) is 0.560. The number of unbranched alkanes of at least 4 members (excludes halogenated alkanes) is 3. The summed E-state index contributed by atoms with van der Waals surface area (Å²) < 4.78 is 11.2. The summed E-state index contributed by atoms with van der Waals surface area (Å²) in [6.07, 6.45) is 23.4. The minimum atomic E-state index is -1.39. The lowest BCUT2D eigenvalue weighted by molar-refractivity contribution is -0.143. The fourth-order valence-electron chi connectivity index (χ4n) is 5.86. The largest absolute Gasteiger partial charge is 0.454 e. The molecule has 4 N–H and O–H groups in total. The van der Waals surface area contributed by atoms with E-state index < -0.39 is 23.9 Å². The number of hydrogen-bond donors (Lipinski definition) is 4. The van der Waals surface area contributed by atoms with Crippen molar-refractivity contribution in [3.63, 3.8) is 0 Å². The van der Waals surface area contributed by atoms with Gasteiger partial charge in [0.15, 0.2) is 0 Å². The molecule has 240 valence electrons. The van der Waals surface area contributed by atoms with Crippen molar-refractivity contribution in [3.05, 3.63) is 48.6 Å². The van der Waals surface area contributed by atoms with Gasteiger partial charge in [0.1, 0.15) is 11.7 Å². The molecule has 42 heavy (non-hydrogen) atoms. The number of carbonyl (C=O) groups is 1. The van der Waals surface area contributed by atoms with Crippen LogP contribution in [0, 0.1) is 17.8 Å². The molecule has 9 unspecified atom stereocenters. The predicted octanol–water partition coefficient (Wildman–Crippen LogP) is 5.96. The highest BCUT2D eigenvalue weighted by Crippen LogP contribution is 2.29. The molecule has 1 fully saturated rings. The van der Waals surface area contributed by atoms with Crippen LogP contribution in [-0.2, 0) is 14.1 Å². The van der Waals surface area contributed by atoms with Gasteiger partial charge in [-0.25, -0.2) is 4.79 Å². The second kappa shape index (κ2) is 20.6. The third kappa shape index (κ3) is 14.0. The molecule has 0 amide bonds. The Labute approximate surface area is 257 Å². The molecule has 0 aromatic heterocycles. The van der Waals surface area contributed by atoms with Gasteiger partial charge in [-0.1, -0.05) is 89.3 Å². The Hall–Kier alpha value is -1.34. The SMILES string of the molecule is CCCCCCC(C)CNCCC(O)(C=CC1OC(=O)C=CC1CC)C(CC(O)C=CC=CC1CCCC(O)C1)OP. The van der Waals surface area contributed by atoms with Crippen molar-refractivity contribution in [2.24, 2.45) is 17.8 Å². The van der Waals surface area contributed by atoms with Crippen molar-refractivity contribution in [3.8, 4) is 0 Å². The van der Waals surface area contributed by atoms with Crippen LogP contribution < -0.4 is 5.32 Å². The van der Waals surface area contributed by atoms with E-state index in [2.05, 4.69) is 34.7 Å². The van der Waals surface area contributed by atoms with Crippen LogP contribution in [0.1, 0.15) is 97.8 Å². The number of ether oxygens (including phenoxy) is 1. The van der Waals surface area contributed by atoms with Gasteiger partial charge in [0.05, 0.1) is 18.3 Å². The minimum absolute atomic E-state index is 0.0378. The Balaban J connectivity index is 2.04. The van der Waals surface area contributed by atoms with Crippen LogP contribution in [0.15, 0.2) is 48.6 Å².